The smallest absolute Gasteiger partial charge is 0.0294 e. The van der Waals surface area contributed by atoms with E-state index in [0.29, 0.717) is 5.41 Å². The molecule has 0 atom stereocenters. The van der Waals surface area contributed by atoms with Crippen LogP contribution in [0.3, 0.4) is 0 Å². The third-order valence-corrected chi connectivity index (χ3v) is 3.41. The molecule has 0 radical (unpaired) electrons. The fourth-order valence-electron chi connectivity index (χ4n) is 2.33. The van der Waals surface area contributed by atoms with Crippen LogP contribution in [-0.4, -0.2) is 0 Å². The summed E-state index contributed by atoms with van der Waals surface area (Å²) >= 11 is 0. The molecule has 1 aliphatic carbocycles. The first-order valence-electron chi connectivity index (χ1n) is 5.55. The molecule has 0 saturated heterocycles. The van der Waals surface area contributed by atoms with E-state index in [2.05, 4.69) is 19.2 Å². The molecule has 0 bridgehead atoms. The minimum absolute atomic E-state index is 0.706. The van der Waals surface area contributed by atoms with Crippen molar-refractivity contribution in [1.29, 1.82) is 0 Å². The molecule has 74 valence electrons. The van der Waals surface area contributed by atoms with Gasteiger partial charge in [-0.3, -0.25) is 0 Å². The molecule has 0 unspecified atom stereocenters. The molecule has 0 aromatic rings. The molecule has 0 N–H and O–H groups in total. The topological polar surface area (TPSA) is 0 Å². The maximum absolute atomic E-state index is 3.80. The van der Waals surface area contributed by atoms with E-state index in [1.165, 1.54) is 51.4 Å². The van der Waals surface area contributed by atoms with Gasteiger partial charge in [-0.1, -0.05) is 18.6 Å². The fourth-order valence-corrected chi connectivity index (χ4v) is 2.33. The molecule has 0 aliphatic heterocycles. The first-order chi connectivity index (χ1) is 6.33. The Morgan fingerprint density at radius 1 is 1.00 bits per heavy atom. The quantitative estimate of drug-likeness (QED) is 0.398. The zero-order valence-electron chi connectivity index (χ0n) is 8.73. The molecular weight excluding hydrogens is 156 g/mol. The lowest BCUT2D eigenvalue weighted by Crippen LogP contribution is -2.28. The Bertz CT molecular complexity index is 163. The minimum atomic E-state index is 0.706. The van der Waals surface area contributed by atoms with Gasteiger partial charge in [0.1, 0.15) is 0 Å². The van der Waals surface area contributed by atoms with Crippen LogP contribution in [0.4, 0.5) is 0 Å². The van der Waals surface area contributed by atoms with Crippen LogP contribution in [-0.2, 0) is 0 Å². The second-order valence-corrected chi connectivity index (χ2v) is 4.36. The zero-order chi connectivity index (χ0) is 9.57. The summed E-state index contributed by atoms with van der Waals surface area (Å²) in [5, 5.41) is 0. The van der Waals surface area contributed by atoms with Gasteiger partial charge in [-0.25, -0.2) is 0 Å². The number of hydrogen-bond acceptors (Lipinski definition) is 0. The summed E-state index contributed by atoms with van der Waals surface area (Å²) in [6, 6.07) is 0. The second kappa shape index (κ2) is 5.26. The van der Waals surface area contributed by atoms with Crippen LogP contribution < -0.4 is 0 Å². The molecule has 0 heterocycles. The van der Waals surface area contributed by atoms with E-state index < -0.39 is 0 Å². The Morgan fingerprint density at radius 2 is 1.69 bits per heavy atom. The SMILES string of the molecule is C=CCCCC1(CCC=C)CCC1. The molecule has 0 spiro atoms. The highest BCUT2D eigenvalue weighted by molar-refractivity contribution is 4.89. The summed E-state index contributed by atoms with van der Waals surface area (Å²) < 4.78 is 0. The predicted molar refractivity (Wildman–Crippen MR) is 59.8 cm³/mol. The summed E-state index contributed by atoms with van der Waals surface area (Å²) in [7, 11) is 0. The van der Waals surface area contributed by atoms with Crippen LogP contribution in [0.25, 0.3) is 0 Å². The Labute approximate surface area is 82.7 Å². The van der Waals surface area contributed by atoms with Crippen molar-refractivity contribution in [3.8, 4) is 0 Å². The van der Waals surface area contributed by atoms with Crippen molar-refractivity contribution in [3.05, 3.63) is 25.3 Å². The summed E-state index contributed by atoms with van der Waals surface area (Å²) in [5.41, 5.74) is 0.706. The van der Waals surface area contributed by atoms with Crippen molar-refractivity contribution in [1.82, 2.24) is 0 Å². The van der Waals surface area contributed by atoms with Crippen molar-refractivity contribution >= 4 is 0 Å². The minimum Gasteiger partial charge on any atom is -0.103 e. The lowest BCUT2D eigenvalue weighted by Gasteiger charge is -2.42. The Morgan fingerprint density at radius 3 is 2.15 bits per heavy atom. The molecule has 1 rings (SSSR count). The second-order valence-electron chi connectivity index (χ2n) is 4.36. The molecule has 1 aliphatic rings. The van der Waals surface area contributed by atoms with Gasteiger partial charge in [0.05, 0.1) is 0 Å². The van der Waals surface area contributed by atoms with E-state index in [4.69, 9.17) is 0 Å². The lowest BCUT2D eigenvalue weighted by atomic mass is 9.63. The van der Waals surface area contributed by atoms with Crippen LogP contribution in [0.1, 0.15) is 51.4 Å². The number of hydrogen-bond donors (Lipinski definition) is 0. The molecule has 1 fully saturated rings. The van der Waals surface area contributed by atoms with Crippen molar-refractivity contribution < 1.29 is 0 Å². The summed E-state index contributed by atoms with van der Waals surface area (Å²) in [6.45, 7) is 7.57. The molecule has 0 amide bonds. The number of allylic oxidation sites excluding steroid dienone is 2. The van der Waals surface area contributed by atoms with Crippen LogP contribution >= 0.6 is 0 Å². The lowest BCUT2D eigenvalue weighted by molar-refractivity contribution is 0.105. The normalized spacial score (nSPS) is 19.1. The molecule has 0 aromatic carbocycles. The fraction of sp³-hybridized carbons (Fsp3) is 0.692. The van der Waals surface area contributed by atoms with Gasteiger partial charge >= 0.3 is 0 Å². The van der Waals surface area contributed by atoms with E-state index >= 15 is 0 Å². The van der Waals surface area contributed by atoms with E-state index in [1.54, 1.807) is 0 Å². The van der Waals surface area contributed by atoms with Gasteiger partial charge in [-0.2, -0.15) is 0 Å². The van der Waals surface area contributed by atoms with Crippen molar-refractivity contribution in [2.24, 2.45) is 5.41 Å². The average molecular weight is 178 g/mol. The molecular formula is C13H22. The first kappa shape index (κ1) is 10.6. The molecule has 0 aromatic heterocycles. The van der Waals surface area contributed by atoms with Crippen molar-refractivity contribution in [2.75, 3.05) is 0 Å². The predicted octanol–water partition coefficient (Wildman–Crippen LogP) is 4.48. The summed E-state index contributed by atoms with van der Waals surface area (Å²) in [6.07, 6.45) is 15.0. The number of unbranched alkanes of at least 4 members (excludes halogenated alkanes) is 1. The maximum Gasteiger partial charge on any atom is -0.0294 e. The van der Waals surface area contributed by atoms with Gasteiger partial charge in [0.25, 0.3) is 0 Å². The molecule has 0 heteroatoms. The third-order valence-electron chi connectivity index (χ3n) is 3.41. The van der Waals surface area contributed by atoms with Gasteiger partial charge in [-0.15, -0.1) is 13.2 Å². The van der Waals surface area contributed by atoms with E-state index in [-0.39, 0.29) is 0 Å². The van der Waals surface area contributed by atoms with Crippen molar-refractivity contribution in [2.45, 2.75) is 51.4 Å². The standard InChI is InChI=1S/C13H22/c1-3-5-7-10-13(9-6-4-2)11-8-12-13/h3-4H,1-2,5-12H2. The first-order valence-corrected chi connectivity index (χ1v) is 5.55. The molecule has 1 saturated carbocycles. The summed E-state index contributed by atoms with van der Waals surface area (Å²) in [4.78, 5) is 0. The molecule has 13 heavy (non-hydrogen) atoms. The average Bonchev–Trinajstić information content (AvgIpc) is 2.08. The van der Waals surface area contributed by atoms with Crippen LogP contribution in [0.2, 0.25) is 0 Å². The van der Waals surface area contributed by atoms with E-state index in [9.17, 15) is 0 Å². The van der Waals surface area contributed by atoms with Gasteiger partial charge in [0, 0.05) is 0 Å². The Hall–Kier alpha value is -0.520. The molecule has 0 nitrogen and oxygen atoms in total. The van der Waals surface area contributed by atoms with Gasteiger partial charge < -0.3 is 0 Å². The van der Waals surface area contributed by atoms with Gasteiger partial charge in [0.2, 0.25) is 0 Å². The van der Waals surface area contributed by atoms with Crippen LogP contribution in [0.15, 0.2) is 25.3 Å². The monoisotopic (exact) mass is 178 g/mol. The highest BCUT2D eigenvalue weighted by Gasteiger charge is 2.34. The van der Waals surface area contributed by atoms with E-state index in [1.807, 2.05) is 6.08 Å². The summed E-state index contributed by atoms with van der Waals surface area (Å²) in [5.74, 6) is 0. The third kappa shape index (κ3) is 3.02. The van der Waals surface area contributed by atoms with Crippen molar-refractivity contribution in [3.63, 3.8) is 0 Å². The van der Waals surface area contributed by atoms with Crippen LogP contribution in [0.5, 0.6) is 0 Å². The highest BCUT2D eigenvalue weighted by atomic mass is 14.4. The highest BCUT2D eigenvalue weighted by Crippen LogP contribution is 2.48. The van der Waals surface area contributed by atoms with Gasteiger partial charge in [0.15, 0.2) is 0 Å². The van der Waals surface area contributed by atoms with E-state index in [0.717, 1.165) is 0 Å². The zero-order valence-corrected chi connectivity index (χ0v) is 8.73. The van der Waals surface area contributed by atoms with Crippen LogP contribution in [0, 0.1) is 5.41 Å². The van der Waals surface area contributed by atoms with Gasteiger partial charge in [-0.05, 0) is 50.4 Å². The Balaban J connectivity index is 2.22. The maximum atomic E-state index is 3.80. The Kier molecular flexibility index (Phi) is 4.27. The largest absolute Gasteiger partial charge is 0.103 e. The number of rotatable bonds is 7.